The van der Waals surface area contributed by atoms with Gasteiger partial charge in [-0.15, -0.1) is 0 Å². The van der Waals surface area contributed by atoms with E-state index in [-0.39, 0.29) is 6.42 Å². The lowest BCUT2D eigenvalue weighted by Crippen LogP contribution is -2.44. The average molecular weight is 272 g/mol. The molecule has 1 unspecified atom stereocenters. The molecule has 0 amide bonds. The summed E-state index contributed by atoms with van der Waals surface area (Å²) >= 11 is 0. The summed E-state index contributed by atoms with van der Waals surface area (Å²) in [7, 11) is 0. The Bertz CT molecular complexity index is 716. The van der Waals surface area contributed by atoms with E-state index in [1.54, 1.807) is 12.2 Å². The lowest BCUT2D eigenvalue weighted by Gasteiger charge is -2.38. The minimum absolute atomic E-state index is 0.0868. The first-order valence-corrected chi connectivity index (χ1v) is 6.47. The minimum Gasteiger partial charge on any atom is -0.196 e. The van der Waals surface area contributed by atoms with E-state index in [0.717, 1.165) is 11.1 Å². The van der Waals surface area contributed by atoms with Crippen LogP contribution < -0.4 is 0 Å². The highest BCUT2D eigenvalue weighted by atomic mass is 14.6. The monoisotopic (exact) mass is 272 g/mol. The Morgan fingerprint density at radius 3 is 2.00 bits per heavy atom. The maximum Gasteiger partial charge on any atom is 0.185 e. The molecule has 4 heteroatoms. The minimum atomic E-state index is -1.71. The zero-order chi connectivity index (χ0) is 15.5. The quantitative estimate of drug-likeness (QED) is 0.734. The number of rotatable bonds is 1. The lowest BCUT2D eigenvalue weighted by molar-refractivity contribution is 0.259. The van der Waals surface area contributed by atoms with Gasteiger partial charge in [0.2, 0.25) is 0 Å². The molecular formula is C17H12N4. The zero-order valence-electron chi connectivity index (χ0n) is 11.5. The van der Waals surface area contributed by atoms with Crippen LogP contribution in [0.15, 0.2) is 36.4 Å². The molecule has 1 aliphatic carbocycles. The van der Waals surface area contributed by atoms with E-state index < -0.39 is 16.7 Å². The number of benzene rings is 1. The number of allylic oxidation sites excluding steroid dienone is 2. The third-order valence-electron chi connectivity index (χ3n) is 4.06. The van der Waals surface area contributed by atoms with Crippen LogP contribution in [0.4, 0.5) is 0 Å². The number of hydrogen-bond donors (Lipinski definition) is 0. The van der Waals surface area contributed by atoms with Crippen LogP contribution in [0.3, 0.4) is 0 Å². The van der Waals surface area contributed by atoms with Crippen LogP contribution in [0.5, 0.6) is 0 Å². The second-order valence-electron chi connectivity index (χ2n) is 5.18. The Kier molecular flexibility index (Phi) is 3.50. The van der Waals surface area contributed by atoms with Crippen molar-refractivity contribution >= 4 is 0 Å². The Labute approximate surface area is 123 Å². The van der Waals surface area contributed by atoms with Crippen molar-refractivity contribution in [2.75, 3.05) is 0 Å². The van der Waals surface area contributed by atoms with Crippen molar-refractivity contribution < 1.29 is 0 Å². The summed E-state index contributed by atoms with van der Waals surface area (Å²) in [6, 6.07) is 15.2. The van der Waals surface area contributed by atoms with Gasteiger partial charge < -0.3 is 0 Å². The van der Waals surface area contributed by atoms with Gasteiger partial charge in [0, 0.05) is 5.92 Å². The van der Waals surface area contributed by atoms with Gasteiger partial charge in [-0.3, -0.25) is 0 Å². The molecule has 0 N–H and O–H groups in total. The molecule has 0 bridgehead atoms. The maximum atomic E-state index is 9.62. The molecule has 0 heterocycles. The molecule has 0 spiro atoms. The van der Waals surface area contributed by atoms with E-state index in [1.165, 1.54) is 0 Å². The van der Waals surface area contributed by atoms with Crippen LogP contribution in [-0.2, 0) is 0 Å². The Hall–Kier alpha value is -3.08. The van der Waals surface area contributed by atoms with Gasteiger partial charge in [-0.05, 0) is 18.9 Å². The van der Waals surface area contributed by atoms with Crippen LogP contribution >= 0.6 is 0 Å². The number of nitrogens with zero attached hydrogens (tertiary/aromatic N) is 4. The van der Waals surface area contributed by atoms with Gasteiger partial charge in [0.25, 0.3) is 0 Å². The molecule has 0 aliphatic heterocycles. The van der Waals surface area contributed by atoms with Crippen LogP contribution in [0, 0.1) is 63.1 Å². The standard InChI is InChI=1S/C17H12N4/c1-13-4-6-14(7-5-13)15-3-2-8-16(9-18,10-19)17(15,11-20)12-21/h2-7,15H,8H2,1H3. The van der Waals surface area contributed by atoms with Crippen LogP contribution in [0.1, 0.15) is 23.5 Å². The summed E-state index contributed by atoms with van der Waals surface area (Å²) in [5.74, 6) is -0.596. The van der Waals surface area contributed by atoms with Crippen molar-refractivity contribution in [1.82, 2.24) is 0 Å². The second kappa shape index (κ2) is 5.13. The number of hydrogen-bond acceptors (Lipinski definition) is 4. The van der Waals surface area contributed by atoms with Gasteiger partial charge in [-0.2, -0.15) is 21.0 Å². The molecule has 1 aromatic rings. The fraction of sp³-hybridized carbons (Fsp3) is 0.294. The van der Waals surface area contributed by atoms with E-state index in [1.807, 2.05) is 55.5 Å². The third kappa shape index (κ3) is 1.87. The summed E-state index contributed by atoms with van der Waals surface area (Å²) < 4.78 is 0. The normalized spacial score (nSPS) is 21.3. The summed E-state index contributed by atoms with van der Waals surface area (Å²) in [4.78, 5) is 0. The Morgan fingerprint density at radius 1 is 0.952 bits per heavy atom. The van der Waals surface area contributed by atoms with Gasteiger partial charge in [-0.1, -0.05) is 42.0 Å². The van der Waals surface area contributed by atoms with E-state index in [4.69, 9.17) is 0 Å². The zero-order valence-corrected chi connectivity index (χ0v) is 11.5. The highest BCUT2D eigenvalue weighted by Crippen LogP contribution is 2.54. The molecular weight excluding hydrogens is 260 g/mol. The molecule has 1 aromatic carbocycles. The number of nitriles is 4. The van der Waals surface area contributed by atoms with Crippen molar-refractivity contribution in [1.29, 1.82) is 21.0 Å². The van der Waals surface area contributed by atoms with Crippen molar-refractivity contribution in [3.05, 3.63) is 47.5 Å². The first-order chi connectivity index (χ1) is 10.1. The average Bonchev–Trinajstić information content (AvgIpc) is 2.54. The topological polar surface area (TPSA) is 95.2 Å². The van der Waals surface area contributed by atoms with Crippen LogP contribution in [0.2, 0.25) is 0 Å². The molecule has 21 heavy (non-hydrogen) atoms. The van der Waals surface area contributed by atoms with Gasteiger partial charge in [0.1, 0.15) is 0 Å². The molecule has 0 radical (unpaired) electrons. The molecule has 0 fully saturated rings. The summed E-state index contributed by atoms with van der Waals surface area (Å²) in [5, 5.41) is 38.1. The van der Waals surface area contributed by atoms with Gasteiger partial charge in [0.15, 0.2) is 10.8 Å². The van der Waals surface area contributed by atoms with Gasteiger partial charge >= 0.3 is 0 Å². The van der Waals surface area contributed by atoms with Crippen LogP contribution in [-0.4, -0.2) is 0 Å². The van der Waals surface area contributed by atoms with Crippen LogP contribution in [0.25, 0.3) is 0 Å². The molecule has 1 aliphatic rings. The molecule has 0 saturated heterocycles. The first kappa shape index (κ1) is 14.3. The van der Waals surface area contributed by atoms with Crippen molar-refractivity contribution in [3.63, 3.8) is 0 Å². The highest BCUT2D eigenvalue weighted by Gasteiger charge is 2.59. The van der Waals surface area contributed by atoms with Crippen molar-refractivity contribution in [3.8, 4) is 24.3 Å². The van der Waals surface area contributed by atoms with Gasteiger partial charge in [-0.25, -0.2) is 0 Å². The summed E-state index contributed by atoms with van der Waals surface area (Å²) in [6.45, 7) is 1.94. The number of aryl methyl sites for hydroxylation is 1. The maximum absolute atomic E-state index is 9.62. The molecule has 4 nitrogen and oxygen atoms in total. The fourth-order valence-electron chi connectivity index (χ4n) is 2.73. The second-order valence-corrected chi connectivity index (χ2v) is 5.18. The summed E-state index contributed by atoms with van der Waals surface area (Å²) in [6.07, 6.45) is 3.55. The predicted octanol–water partition coefficient (Wildman–Crippen LogP) is 3.11. The molecule has 0 saturated carbocycles. The first-order valence-electron chi connectivity index (χ1n) is 6.47. The van der Waals surface area contributed by atoms with E-state index in [0.29, 0.717) is 0 Å². The Balaban J connectivity index is 2.70. The smallest absolute Gasteiger partial charge is 0.185 e. The summed E-state index contributed by atoms with van der Waals surface area (Å²) in [5.41, 5.74) is -1.54. The Morgan fingerprint density at radius 2 is 1.52 bits per heavy atom. The van der Waals surface area contributed by atoms with E-state index in [2.05, 4.69) is 0 Å². The molecule has 1 atom stereocenters. The predicted molar refractivity (Wildman–Crippen MR) is 75.0 cm³/mol. The van der Waals surface area contributed by atoms with Crippen molar-refractivity contribution in [2.24, 2.45) is 10.8 Å². The van der Waals surface area contributed by atoms with Crippen molar-refractivity contribution in [2.45, 2.75) is 19.3 Å². The molecule has 0 aromatic heterocycles. The van der Waals surface area contributed by atoms with E-state index in [9.17, 15) is 21.0 Å². The molecule has 100 valence electrons. The SMILES string of the molecule is Cc1ccc(C2C=CCC(C#N)(C#N)C2(C#N)C#N)cc1. The lowest BCUT2D eigenvalue weighted by atomic mass is 9.54. The van der Waals surface area contributed by atoms with Gasteiger partial charge in [0.05, 0.1) is 24.3 Å². The highest BCUT2D eigenvalue weighted by molar-refractivity contribution is 5.47. The largest absolute Gasteiger partial charge is 0.196 e. The van der Waals surface area contributed by atoms with E-state index >= 15 is 0 Å². The fourth-order valence-corrected chi connectivity index (χ4v) is 2.73. The third-order valence-corrected chi connectivity index (χ3v) is 4.06. The molecule has 2 rings (SSSR count).